The highest BCUT2D eigenvalue weighted by molar-refractivity contribution is 5.92. The molecule has 1 atom stereocenters. The van der Waals surface area contributed by atoms with Crippen LogP contribution in [-0.2, 0) is 10.2 Å². The Balaban J connectivity index is 2.01. The van der Waals surface area contributed by atoms with Crippen molar-refractivity contribution < 1.29 is 10.0 Å². The van der Waals surface area contributed by atoms with Crippen molar-refractivity contribution in [2.45, 2.75) is 37.6 Å². The van der Waals surface area contributed by atoms with E-state index in [1.807, 2.05) is 37.3 Å². The van der Waals surface area contributed by atoms with Crippen LogP contribution in [-0.4, -0.2) is 23.0 Å². The number of hydrogen-bond acceptors (Lipinski definition) is 3. The van der Waals surface area contributed by atoms with Crippen molar-refractivity contribution in [1.82, 2.24) is 5.32 Å². The highest BCUT2D eigenvalue weighted by Crippen LogP contribution is 2.48. The minimum absolute atomic E-state index is 0.0249. The fourth-order valence-corrected chi connectivity index (χ4v) is 2.30. The lowest BCUT2D eigenvalue weighted by Gasteiger charge is -2.19. The number of nitrogens with zero attached hydrogens (tertiary/aromatic N) is 1. The maximum atomic E-state index is 12.4. The topological polar surface area (TPSA) is 87.7 Å². The number of benzene rings is 1. The summed E-state index contributed by atoms with van der Waals surface area (Å²) in [5.74, 6) is 0.147. The van der Waals surface area contributed by atoms with Crippen molar-refractivity contribution in [3.05, 3.63) is 35.9 Å². The molecule has 1 aliphatic carbocycles. The molecule has 1 fully saturated rings. The van der Waals surface area contributed by atoms with Crippen LogP contribution in [0.25, 0.3) is 0 Å². The molecule has 1 unspecified atom stereocenters. The summed E-state index contributed by atoms with van der Waals surface area (Å²) in [5.41, 5.74) is 6.12. The van der Waals surface area contributed by atoms with E-state index in [-0.39, 0.29) is 23.2 Å². The molecule has 0 aromatic heterocycles. The Bertz CT molecular complexity index is 481. The van der Waals surface area contributed by atoms with Crippen molar-refractivity contribution in [2.24, 2.45) is 10.9 Å². The summed E-state index contributed by atoms with van der Waals surface area (Å²) in [5, 5.41) is 14.4. The largest absolute Gasteiger partial charge is 0.409 e. The number of hydrogen-bond donors (Lipinski definition) is 3. The molecule has 1 aromatic carbocycles. The standard InChI is InChI=1S/C14H19N3O2/c1-10(9-12(15)17-19)16-13(18)14(7-8-14)11-5-3-2-4-6-11/h2-6,10,19H,7-9H2,1H3,(H2,15,17)(H,16,18). The van der Waals surface area contributed by atoms with Crippen LogP contribution < -0.4 is 11.1 Å². The van der Waals surface area contributed by atoms with Crippen LogP contribution in [0.3, 0.4) is 0 Å². The third-order valence-electron chi connectivity index (χ3n) is 3.53. The minimum Gasteiger partial charge on any atom is -0.409 e. The molecule has 1 aromatic rings. The van der Waals surface area contributed by atoms with Gasteiger partial charge < -0.3 is 16.3 Å². The fourth-order valence-electron chi connectivity index (χ4n) is 2.30. The molecule has 0 spiro atoms. The number of carbonyl (C=O) groups is 1. The van der Waals surface area contributed by atoms with E-state index in [2.05, 4.69) is 10.5 Å². The first-order valence-corrected chi connectivity index (χ1v) is 6.41. The summed E-state index contributed by atoms with van der Waals surface area (Å²) in [4.78, 5) is 12.4. The van der Waals surface area contributed by atoms with Gasteiger partial charge in [-0.1, -0.05) is 35.5 Å². The molecule has 4 N–H and O–H groups in total. The summed E-state index contributed by atoms with van der Waals surface area (Å²) in [6.07, 6.45) is 2.09. The van der Waals surface area contributed by atoms with Crippen molar-refractivity contribution in [3.63, 3.8) is 0 Å². The van der Waals surface area contributed by atoms with E-state index in [1.54, 1.807) is 0 Å². The maximum absolute atomic E-state index is 12.4. The first-order chi connectivity index (χ1) is 9.08. The monoisotopic (exact) mass is 261 g/mol. The Hall–Kier alpha value is -2.04. The molecular formula is C14H19N3O2. The van der Waals surface area contributed by atoms with Crippen LogP contribution >= 0.6 is 0 Å². The van der Waals surface area contributed by atoms with E-state index >= 15 is 0 Å². The Morgan fingerprint density at radius 2 is 2.11 bits per heavy atom. The molecule has 1 aliphatic rings. The molecule has 1 saturated carbocycles. The highest BCUT2D eigenvalue weighted by Gasteiger charge is 2.51. The van der Waals surface area contributed by atoms with Crippen LogP contribution in [0.2, 0.25) is 0 Å². The summed E-state index contributed by atoms with van der Waals surface area (Å²) < 4.78 is 0. The molecular weight excluding hydrogens is 242 g/mol. The average Bonchev–Trinajstić information content (AvgIpc) is 3.21. The van der Waals surface area contributed by atoms with Gasteiger partial charge in [0.25, 0.3) is 0 Å². The predicted octanol–water partition coefficient (Wildman–Crippen LogP) is 1.36. The smallest absolute Gasteiger partial charge is 0.230 e. The van der Waals surface area contributed by atoms with Gasteiger partial charge >= 0.3 is 0 Å². The van der Waals surface area contributed by atoms with Gasteiger partial charge in [0.05, 0.1) is 5.41 Å². The summed E-state index contributed by atoms with van der Waals surface area (Å²) in [6, 6.07) is 9.66. The van der Waals surface area contributed by atoms with Gasteiger partial charge in [-0.05, 0) is 25.3 Å². The molecule has 5 nitrogen and oxygen atoms in total. The lowest BCUT2D eigenvalue weighted by atomic mass is 9.94. The van der Waals surface area contributed by atoms with Gasteiger partial charge in [0.15, 0.2) is 0 Å². The van der Waals surface area contributed by atoms with Gasteiger partial charge in [-0.25, -0.2) is 0 Å². The lowest BCUT2D eigenvalue weighted by molar-refractivity contribution is -0.124. The normalized spacial score (nSPS) is 18.7. The van der Waals surface area contributed by atoms with Crippen molar-refractivity contribution in [3.8, 4) is 0 Å². The molecule has 0 saturated heterocycles. The summed E-state index contributed by atoms with van der Waals surface area (Å²) in [7, 11) is 0. The zero-order chi connectivity index (χ0) is 13.9. The Kier molecular flexibility index (Phi) is 3.74. The Labute approximate surface area is 112 Å². The molecule has 0 radical (unpaired) electrons. The van der Waals surface area contributed by atoms with E-state index < -0.39 is 0 Å². The summed E-state index contributed by atoms with van der Waals surface area (Å²) >= 11 is 0. The average molecular weight is 261 g/mol. The molecule has 102 valence electrons. The number of oxime groups is 1. The SMILES string of the molecule is CC(CC(N)=NO)NC(=O)C1(c2ccccc2)CC1. The number of carbonyl (C=O) groups excluding carboxylic acids is 1. The Morgan fingerprint density at radius 1 is 1.47 bits per heavy atom. The predicted molar refractivity (Wildman–Crippen MR) is 73.0 cm³/mol. The van der Waals surface area contributed by atoms with Crippen LogP contribution in [0, 0.1) is 0 Å². The van der Waals surface area contributed by atoms with Crippen molar-refractivity contribution in [1.29, 1.82) is 0 Å². The van der Waals surface area contributed by atoms with Crippen LogP contribution in [0.1, 0.15) is 31.7 Å². The number of nitrogens with one attached hydrogen (secondary N) is 1. The van der Waals surface area contributed by atoms with Gasteiger partial charge in [0.1, 0.15) is 5.84 Å². The number of nitrogens with two attached hydrogens (primary N) is 1. The minimum atomic E-state index is -0.374. The molecule has 2 rings (SSSR count). The number of amidine groups is 1. The summed E-state index contributed by atoms with van der Waals surface area (Å²) in [6.45, 7) is 1.84. The van der Waals surface area contributed by atoms with Crippen molar-refractivity contribution in [2.75, 3.05) is 0 Å². The van der Waals surface area contributed by atoms with Crippen LogP contribution in [0.4, 0.5) is 0 Å². The first-order valence-electron chi connectivity index (χ1n) is 6.41. The van der Waals surface area contributed by atoms with Crippen LogP contribution in [0.15, 0.2) is 35.5 Å². The zero-order valence-corrected chi connectivity index (χ0v) is 11.0. The van der Waals surface area contributed by atoms with Crippen molar-refractivity contribution >= 4 is 11.7 Å². The molecule has 0 aliphatic heterocycles. The van der Waals surface area contributed by atoms with Gasteiger partial charge in [0.2, 0.25) is 5.91 Å². The van der Waals surface area contributed by atoms with E-state index in [4.69, 9.17) is 10.9 Å². The zero-order valence-electron chi connectivity index (χ0n) is 11.0. The van der Waals surface area contributed by atoms with Gasteiger partial charge in [0, 0.05) is 12.5 Å². The van der Waals surface area contributed by atoms with Crippen LogP contribution in [0.5, 0.6) is 0 Å². The molecule has 0 bridgehead atoms. The number of amides is 1. The second kappa shape index (κ2) is 5.30. The van der Waals surface area contributed by atoms with E-state index in [9.17, 15) is 4.79 Å². The second-order valence-corrected chi connectivity index (χ2v) is 5.12. The number of rotatable bonds is 5. The highest BCUT2D eigenvalue weighted by atomic mass is 16.4. The third kappa shape index (κ3) is 2.86. The van der Waals surface area contributed by atoms with Gasteiger partial charge in [-0.3, -0.25) is 4.79 Å². The molecule has 19 heavy (non-hydrogen) atoms. The van der Waals surface area contributed by atoms with Gasteiger partial charge in [-0.15, -0.1) is 0 Å². The quantitative estimate of drug-likeness (QED) is 0.323. The maximum Gasteiger partial charge on any atom is 0.230 e. The van der Waals surface area contributed by atoms with Gasteiger partial charge in [-0.2, -0.15) is 0 Å². The molecule has 5 heteroatoms. The Morgan fingerprint density at radius 3 is 2.63 bits per heavy atom. The molecule has 0 heterocycles. The van der Waals surface area contributed by atoms with E-state index in [0.29, 0.717) is 6.42 Å². The fraction of sp³-hybridized carbons (Fsp3) is 0.429. The lowest BCUT2D eigenvalue weighted by Crippen LogP contribution is -2.41. The van der Waals surface area contributed by atoms with E-state index in [1.165, 1.54) is 0 Å². The second-order valence-electron chi connectivity index (χ2n) is 5.12. The van der Waals surface area contributed by atoms with E-state index in [0.717, 1.165) is 18.4 Å². The molecule has 1 amide bonds. The third-order valence-corrected chi connectivity index (χ3v) is 3.53. The first kappa shape index (κ1) is 13.4.